The minimum Gasteiger partial charge on any atom is -0.396 e. The Morgan fingerprint density at radius 3 is 2.68 bits per heavy atom. The molecule has 1 aromatic carbocycles. The lowest BCUT2D eigenvalue weighted by Crippen LogP contribution is -2.37. The number of nitrogens with zero attached hydrogens (tertiary/aromatic N) is 1. The summed E-state index contributed by atoms with van der Waals surface area (Å²) in [5.41, 5.74) is 2.65. The molecule has 1 heterocycles. The molecule has 0 aromatic heterocycles. The van der Waals surface area contributed by atoms with Crippen LogP contribution in [-0.2, 0) is 17.6 Å². The third kappa shape index (κ3) is 4.88. The second kappa shape index (κ2) is 8.00. The lowest BCUT2D eigenvalue weighted by molar-refractivity contribution is 0.0384. The Kier molecular flexibility index (Phi) is 6.31. The van der Waals surface area contributed by atoms with E-state index in [1.807, 2.05) is 0 Å². The highest BCUT2D eigenvalue weighted by Gasteiger charge is 2.10. The van der Waals surface area contributed by atoms with Crippen LogP contribution in [0.25, 0.3) is 0 Å². The number of benzene rings is 1. The molecular formula is C15H22BrNO2. The monoisotopic (exact) mass is 327 g/mol. The first-order chi connectivity index (χ1) is 9.29. The van der Waals surface area contributed by atoms with Crippen molar-refractivity contribution in [2.45, 2.75) is 19.3 Å². The van der Waals surface area contributed by atoms with E-state index in [1.165, 1.54) is 15.6 Å². The van der Waals surface area contributed by atoms with E-state index in [4.69, 9.17) is 9.84 Å². The Labute approximate surface area is 123 Å². The molecule has 1 aliphatic heterocycles. The summed E-state index contributed by atoms with van der Waals surface area (Å²) in [6.45, 7) is 5.18. The summed E-state index contributed by atoms with van der Waals surface area (Å²) >= 11 is 3.66. The third-order valence-electron chi connectivity index (χ3n) is 3.54. The van der Waals surface area contributed by atoms with Gasteiger partial charge in [0.1, 0.15) is 0 Å². The van der Waals surface area contributed by atoms with Crippen LogP contribution in [0.4, 0.5) is 0 Å². The minimum atomic E-state index is 0.260. The number of aliphatic hydroxyl groups is 1. The van der Waals surface area contributed by atoms with E-state index in [0.29, 0.717) is 0 Å². The molecule has 1 saturated heterocycles. The fourth-order valence-corrected chi connectivity index (χ4v) is 2.96. The molecule has 1 aliphatic rings. The molecule has 0 spiro atoms. The standard InChI is InChI=1S/C15H22BrNO2/c16-15-12-13(2-1-9-18)3-4-14(15)5-6-17-7-10-19-11-8-17/h3-4,12,18H,1-2,5-11H2. The Morgan fingerprint density at radius 1 is 1.21 bits per heavy atom. The fourth-order valence-electron chi connectivity index (χ4n) is 2.34. The van der Waals surface area contributed by atoms with Crippen molar-refractivity contribution in [2.75, 3.05) is 39.5 Å². The largest absolute Gasteiger partial charge is 0.396 e. The van der Waals surface area contributed by atoms with Crippen molar-refractivity contribution in [3.63, 3.8) is 0 Å². The van der Waals surface area contributed by atoms with Gasteiger partial charge < -0.3 is 9.84 Å². The molecule has 1 N–H and O–H groups in total. The number of halogens is 1. The minimum absolute atomic E-state index is 0.260. The van der Waals surface area contributed by atoms with E-state index < -0.39 is 0 Å². The smallest absolute Gasteiger partial charge is 0.0594 e. The molecule has 3 nitrogen and oxygen atoms in total. The normalized spacial score (nSPS) is 16.7. The van der Waals surface area contributed by atoms with Crippen LogP contribution in [-0.4, -0.2) is 49.5 Å². The number of rotatable bonds is 6. The van der Waals surface area contributed by atoms with Crippen LogP contribution in [0.5, 0.6) is 0 Å². The number of aliphatic hydroxyl groups excluding tert-OH is 1. The summed E-state index contributed by atoms with van der Waals surface area (Å²) < 4.78 is 6.55. The van der Waals surface area contributed by atoms with E-state index >= 15 is 0 Å². The summed E-state index contributed by atoms with van der Waals surface area (Å²) in [5.74, 6) is 0. The second-order valence-electron chi connectivity index (χ2n) is 4.96. The fraction of sp³-hybridized carbons (Fsp3) is 0.600. The van der Waals surface area contributed by atoms with Gasteiger partial charge in [-0.2, -0.15) is 0 Å². The van der Waals surface area contributed by atoms with Gasteiger partial charge in [-0.3, -0.25) is 4.90 Å². The quantitative estimate of drug-likeness (QED) is 0.869. The number of morpholine rings is 1. The van der Waals surface area contributed by atoms with Gasteiger partial charge in [0, 0.05) is 30.7 Å². The molecular weight excluding hydrogens is 306 g/mol. The summed E-state index contributed by atoms with van der Waals surface area (Å²) in [7, 11) is 0. The summed E-state index contributed by atoms with van der Waals surface area (Å²) in [5, 5.41) is 8.85. The van der Waals surface area contributed by atoms with Crippen LogP contribution in [0.15, 0.2) is 22.7 Å². The van der Waals surface area contributed by atoms with Gasteiger partial charge in [0.25, 0.3) is 0 Å². The van der Waals surface area contributed by atoms with Crippen molar-refractivity contribution in [1.29, 1.82) is 0 Å². The van der Waals surface area contributed by atoms with Crippen LogP contribution in [0, 0.1) is 0 Å². The Hall–Kier alpha value is -0.420. The molecule has 0 unspecified atom stereocenters. The zero-order valence-corrected chi connectivity index (χ0v) is 12.9. The molecule has 1 aromatic rings. The Morgan fingerprint density at radius 2 is 2.00 bits per heavy atom. The number of hydrogen-bond acceptors (Lipinski definition) is 3. The highest BCUT2D eigenvalue weighted by molar-refractivity contribution is 9.10. The van der Waals surface area contributed by atoms with Crippen molar-refractivity contribution in [1.82, 2.24) is 4.90 Å². The van der Waals surface area contributed by atoms with Crippen LogP contribution in [0.1, 0.15) is 17.5 Å². The lowest BCUT2D eigenvalue weighted by atomic mass is 10.1. The zero-order chi connectivity index (χ0) is 13.5. The van der Waals surface area contributed by atoms with E-state index in [1.54, 1.807) is 0 Å². The Bertz CT molecular complexity index is 392. The van der Waals surface area contributed by atoms with Gasteiger partial charge in [-0.15, -0.1) is 0 Å². The van der Waals surface area contributed by atoms with Crippen LogP contribution in [0.2, 0.25) is 0 Å². The molecule has 0 radical (unpaired) electrons. The van der Waals surface area contributed by atoms with Crippen molar-refractivity contribution < 1.29 is 9.84 Å². The molecule has 0 aliphatic carbocycles. The van der Waals surface area contributed by atoms with E-state index in [0.717, 1.165) is 52.1 Å². The highest BCUT2D eigenvalue weighted by Crippen LogP contribution is 2.20. The maximum absolute atomic E-state index is 8.85. The Balaban J connectivity index is 1.85. The molecule has 19 heavy (non-hydrogen) atoms. The molecule has 0 saturated carbocycles. The number of ether oxygens (including phenoxy) is 1. The van der Waals surface area contributed by atoms with Crippen molar-refractivity contribution in [3.05, 3.63) is 33.8 Å². The highest BCUT2D eigenvalue weighted by atomic mass is 79.9. The molecule has 0 bridgehead atoms. The van der Waals surface area contributed by atoms with Crippen LogP contribution < -0.4 is 0 Å². The van der Waals surface area contributed by atoms with Crippen molar-refractivity contribution in [3.8, 4) is 0 Å². The average molecular weight is 328 g/mol. The lowest BCUT2D eigenvalue weighted by Gasteiger charge is -2.26. The van der Waals surface area contributed by atoms with Gasteiger partial charge in [-0.25, -0.2) is 0 Å². The molecule has 106 valence electrons. The first-order valence-electron chi connectivity index (χ1n) is 6.98. The summed E-state index contributed by atoms with van der Waals surface area (Å²) in [6.07, 6.45) is 2.85. The number of aryl methyl sites for hydroxylation is 1. The van der Waals surface area contributed by atoms with Crippen LogP contribution in [0.3, 0.4) is 0 Å². The van der Waals surface area contributed by atoms with Gasteiger partial charge in [0.15, 0.2) is 0 Å². The first kappa shape index (κ1) is 15.0. The van der Waals surface area contributed by atoms with E-state index in [-0.39, 0.29) is 6.61 Å². The summed E-state index contributed by atoms with van der Waals surface area (Å²) in [6, 6.07) is 6.57. The first-order valence-corrected chi connectivity index (χ1v) is 7.77. The van der Waals surface area contributed by atoms with Gasteiger partial charge in [0.05, 0.1) is 13.2 Å². The maximum Gasteiger partial charge on any atom is 0.0594 e. The van der Waals surface area contributed by atoms with Gasteiger partial charge in [-0.1, -0.05) is 28.1 Å². The van der Waals surface area contributed by atoms with E-state index in [2.05, 4.69) is 39.0 Å². The third-order valence-corrected chi connectivity index (χ3v) is 4.28. The SMILES string of the molecule is OCCCc1ccc(CCN2CCOCC2)c(Br)c1. The molecule has 0 amide bonds. The second-order valence-corrected chi connectivity index (χ2v) is 5.81. The topological polar surface area (TPSA) is 32.7 Å². The number of hydrogen-bond donors (Lipinski definition) is 1. The van der Waals surface area contributed by atoms with Gasteiger partial charge in [0.2, 0.25) is 0 Å². The van der Waals surface area contributed by atoms with Gasteiger partial charge >= 0.3 is 0 Å². The van der Waals surface area contributed by atoms with Crippen LogP contribution >= 0.6 is 15.9 Å². The summed E-state index contributed by atoms with van der Waals surface area (Å²) in [4.78, 5) is 2.45. The maximum atomic E-state index is 8.85. The van der Waals surface area contributed by atoms with Crippen molar-refractivity contribution in [2.24, 2.45) is 0 Å². The van der Waals surface area contributed by atoms with Gasteiger partial charge in [-0.05, 0) is 36.5 Å². The molecule has 4 heteroatoms. The molecule has 0 atom stereocenters. The zero-order valence-electron chi connectivity index (χ0n) is 11.3. The molecule has 2 rings (SSSR count). The predicted octanol–water partition coefficient (Wildman–Crippen LogP) is 2.25. The van der Waals surface area contributed by atoms with E-state index in [9.17, 15) is 0 Å². The molecule has 1 fully saturated rings. The predicted molar refractivity (Wildman–Crippen MR) is 80.5 cm³/mol. The van der Waals surface area contributed by atoms with Crippen molar-refractivity contribution >= 4 is 15.9 Å². The average Bonchev–Trinajstić information content (AvgIpc) is 2.45.